The van der Waals surface area contributed by atoms with Gasteiger partial charge < -0.3 is 10.8 Å². The van der Waals surface area contributed by atoms with E-state index in [9.17, 15) is 15.2 Å². The van der Waals surface area contributed by atoms with Crippen LogP contribution in [-0.2, 0) is 11.2 Å². The molecule has 3 N–H and O–H groups in total. The Morgan fingerprint density at radius 1 is 1.20 bits per heavy atom. The van der Waals surface area contributed by atoms with Crippen LogP contribution in [0.3, 0.4) is 0 Å². The molecule has 0 bridgehead atoms. The number of likely N-dealkylation sites (tertiary alicyclic amines) is 1. The first-order valence-corrected chi connectivity index (χ1v) is 8.35. The van der Waals surface area contributed by atoms with Gasteiger partial charge in [0.25, 0.3) is 0 Å². The van der Waals surface area contributed by atoms with Gasteiger partial charge in [-0.2, -0.15) is 5.26 Å². The topological polar surface area (TPSA) is 90.3 Å². The molecule has 0 spiro atoms. The van der Waals surface area contributed by atoms with E-state index >= 15 is 0 Å². The fourth-order valence-corrected chi connectivity index (χ4v) is 3.39. The maximum absolute atomic E-state index is 11.6. The minimum atomic E-state index is -0.617. The van der Waals surface area contributed by atoms with Crippen LogP contribution in [0.25, 0.3) is 11.1 Å². The average Bonchev–Trinajstić information content (AvgIpc) is 3.03. The molecule has 0 aliphatic carbocycles. The van der Waals surface area contributed by atoms with Gasteiger partial charge in [-0.1, -0.05) is 54.6 Å². The highest BCUT2D eigenvalue weighted by atomic mass is 16.3. The van der Waals surface area contributed by atoms with Crippen molar-refractivity contribution in [2.24, 2.45) is 5.73 Å². The molecule has 0 radical (unpaired) electrons. The smallest absolute Gasteiger partial charge is 0.234 e. The van der Waals surface area contributed by atoms with Crippen molar-refractivity contribution < 1.29 is 9.90 Å². The number of nitrogens with two attached hydrogens (primary N) is 1. The number of hydrogen-bond acceptors (Lipinski definition) is 4. The summed E-state index contributed by atoms with van der Waals surface area (Å²) in [5.74, 6) is -0.490. The van der Waals surface area contributed by atoms with Gasteiger partial charge in [0.05, 0.1) is 18.2 Å². The van der Waals surface area contributed by atoms with Crippen molar-refractivity contribution in [3.63, 3.8) is 0 Å². The highest BCUT2D eigenvalue weighted by Gasteiger charge is 2.38. The third kappa shape index (κ3) is 3.87. The Bertz CT molecular complexity index is 768. The molecule has 5 nitrogen and oxygen atoms in total. The Morgan fingerprint density at radius 2 is 1.84 bits per heavy atom. The zero-order chi connectivity index (χ0) is 17.8. The number of carbonyl (C=O) groups is 1. The Balaban J connectivity index is 1.74. The normalized spacial score (nSPS) is 21.6. The summed E-state index contributed by atoms with van der Waals surface area (Å²) in [6, 6.07) is 19.3. The maximum atomic E-state index is 11.6. The molecule has 5 heteroatoms. The minimum Gasteiger partial charge on any atom is -0.392 e. The van der Waals surface area contributed by atoms with E-state index in [0.717, 1.165) is 16.7 Å². The van der Waals surface area contributed by atoms with Crippen molar-refractivity contribution in [3.05, 3.63) is 60.2 Å². The Labute approximate surface area is 147 Å². The van der Waals surface area contributed by atoms with Crippen LogP contribution in [0.5, 0.6) is 0 Å². The lowest BCUT2D eigenvalue weighted by molar-refractivity contribution is -0.122. The molecule has 3 atom stereocenters. The molecule has 2 unspecified atom stereocenters. The number of nitrogens with zero attached hydrogens (tertiary/aromatic N) is 2. The summed E-state index contributed by atoms with van der Waals surface area (Å²) in [5.41, 5.74) is 8.69. The summed E-state index contributed by atoms with van der Waals surface area (Å²) in [5, 5.41) is 19.4. The van der Waals surface area contributed by atoms with Crippen molar-refractivity contribution in [3.8, 4) is 17.2 Å². The van der Waals surface area contributed by atoms with Crippen LogP contribution >= 0.6 is 0 Å². The highest BCUT2D eigenvalue weighted by Crippen LogP contribution is 2.24. The quantitative estimate of drug-likeness (QED) is 0.870. The summed E-state index contributed by atoms with van der Waals surface area (Å²) < 4.78 is 0. The van der Waals surface area contributed by atoms with Crippen LogP contribution in [0.2, 0.25) is 0 Å². The van der Waals surface area contributed by atoms with Crippen molar-refractivity contribution in [1.29, 1.82) is 5.26 Å². The van der Waals surface area contributed by atoms with Gasteiger partial charge in [-0.15, -0.1) is 0 Å². The zero-order valence-corrected chi connectivity index (χ0v) is 13.9. The molecule has 0 aromatic heterocycles. The fourth-order valence-electron chi connectivity index (χ4n) is 3.39. The van der Waals surface area contributed by atoms with Crippen molar-refractivity contribution in [2.45, 2.75) is 31.0 Å². The van der Waals surface area contributed by atoms with Gasteiger partial charge in [0.2, 0.25) is 5.91 Å². The molecule has 25 heavy (non-hydrogen) atoms. The van der Waals surface area contributed by atoms with E-state index in [2.05, 4.69) is 18.2 Å². The van der Waals surface area contributed by atoms with Crippen molar-refractivity contribution in [1.82, 2.24) is 4.90 Å². The molecule has 2 aromatic carbocycles. The van der Waals surface area contributed by atoms with Gasteiger partial charge in [-0.05, 0) is 23.1 Å². The van der Waals surface area contributed by atoms with E-state index in [1.165, 1.54) is 0 Å². The van der Waals surface area contributed by atoms with E-state index in [1.54, 1.807) is 4.90 Å². The summed E-state index contributed by atoms with van der Waals surface area (Å²) in [4.78, 5) is 13.3. The fraction of sp³-hybridized carbons (Fsp3) is 0.300. The van der Waals surface area contributed by atoms with Gasteiger partial charge in [0.1, 0.15) is 6.04 Å². The Kier molecular flexibility index (Phi) is 5.13. The molecule has 1 saturated heterocycles. The van der Waals surface area contributed by atoms with E-state index in [4.69, 9.17) is 5.73 Å². The Morgan fingerprint density at radius 3 is 2.44 bits per heavy atom. The molecule has 1 heterocycles. The van der Waals surface area contributed by atoms with Gasteiger partial charge in [0.15, 0.2) is 0 Å². The number of carbonyl (C=O) groups excluding carboxylic acids is 1. The number of aliphatic hydroxyl groups excluding tert-OH is 1. The first-order valence-electron chi connectivity index (χ1n) is 8.35. The molecule has 1 amide bonds. The largest absolute Gasteiger partial charge is 0.392 e. The SMILES string of the molecule is N#C[C@H](Cc1ccc(-c2ccccc2)cc1)N1CC(O)CC1C(N)=O. The summed E-state index contributed by atoms with van der Waals surface area (Å²) in [7, 11) is 0. The second-order valence-corrected chi connectivity index (χ2v) is 6.42. The van der Waals surface area contributed by atoms with E-state index in [0.29, 0.717) is 19.4 Å². The monoisotopic (exact) mass is 335 g/mol. The van der Waals surface area contributed by atoms with Crippen LogP contribution < -0.4 is 5.73 Å². The van der Waals surface area contributed by atoms with Gasteiger partial charge in [0, 0.05) is 13.0 Å². The third-order valence-electron chi connectivity index (χ3n) is 4.69. The minimum absolute atomic E-state index is 0.292. The summed E-state index contributed by atoms with van der Waals surface area (Å²) >= 11 is 0. The number of hydrogen-bond donors (Lipinski definition) is 2. The van der Waals surface area contributed by atoms with Crippen LogP contribution in [0, 0.1) is 11.3 Å². The highest BCUT2D eigenvalue weighted by molar-refractivity contribution is 5.80. The molecular weight excluding hydrogens is 314 g/mol. The molecular formula is C20H21N3O2. The number of β-amino-alcohol motifs (C(OH)–C–C–N with tert-alkyl or cyclic N) is 1. The molecule has 1 fully saturated rings. The van der Waals surface area contributed by atoms with E-state index in [-0.39, 0.29) is 0 Å². The first kappa shape index (κ1) is 17.2. The zero-order valence-electron chi connectivity index (χ0n) is 13.9. The lowest BCUT2D eigenvalue weighted by Gasteiger charge is -2.26. The lowest BCUT2D eigenvalue weighted by atomic mass is 10.00. The standard InChI is InChI=1S/C20H21N3O2/c21-12-17(23-13-18(24)11-19(23)20(22)25)10-14-6-8-16(9-7-14)15-4-2-1-3-5-15/h1-9,17-19,24H,10-11,13H2,(H2,22,25)/t17-,18?,19?/m0/s1. The number of benzene rings is 2. The first-order chi connectivity index (χ1) is 12.1. The molecule has 0 saturated carbocycles. The molecule has 1 aliphatic heterocycles. The number of primary amides is 1. The predicted molar refractivity (Wildman–Crippen MR) is 95.3 cm³/mol. The van der Waals surface area contributed by atoms with E-state index in [1.807, 2.05) is 42.5 Å². The predicted octanol–water partition coefficient (Wildman–Crippen LogP) is 1.71. The van der Waals surface area contributed by atoms with E-state index < -0.39 is 24.1 Å². The summed E-state index contributed by atoms with van der Waals surface area (Å²) in [6.07, 6.45) is 0.163. The molecule has 1 aliphatic rings. The van der Waals surface area contributed by atoms with Crippen LogP contribution in [0.15, 0.2) is 54.6 Å². The second-order valence-electron chi connectivity index (χ2n) is 6.42. The number of rotatable bonds is 5. The molecule has 3 rings (SSSR count). The Hall–Kier alpha value is -2.68. The third-order valence-corrected chi connectivity index (χ3v) is 4.69. The average molecular weight is 335 g/mol. The van der Waals surface area contributed by atoms with Crippen molar-refractivity contribution >= 4 is 5.91 Å². The molecule has 2 aromatic rings. The van der Waals surface area contributed by atoms with Crippen LogP contribution in [-0.4, -0.2) is 40.6 Å². The van der Waals surface area contributed by atoms with Crippen molar-refractivity contribution in [2.75, 3.05) is 6.54 Å². The summed E-state index contributed by atoms with van der Waals surface area (Å²) in [6.45, 7) is 0.300. The number of aliphatic hydroxyl groups is 1. The molecule has 128 valence electrons. The van der Waals surface area contributed by atoms with Crippen LogP contribution in [0.1, 0.15) is 12.0 Å². The maximum Gasteiger partial charge on any atom is 0.234 e. The number of nitriles is 1. The second kappa shape index (κ2) is 7.47. The van der Waals surface area contributed by atoms with Gasteiger partial charge in [-0.3, -0.25) is 9.69 Å². The van der Waals surface area contributed by atoms with Crippen LogP contribution in [0.4, 0.5) is 0 Å². The number of amides is 1. The lowest BCUT2D eigenvalue weighted by Crippen LogP contribution is -2.46. The van der Waals surface area contributed by atoms with Gasteiger partial charge in [-0.25, -0.2) is 0 Å². The van der Waals surface area contributed by atoms with Gasteiger partial charge >= 0.3 is 0 Å².